The van der Waals surface area contributed by atoms with Crippen LogP contribution in [-0.4, -0.2) is 34.0 Å². The molecule has 2 aliphatic rings. The first-order chi connectivity index (χ1) is 17.1. The number of halogens is 5. The molecule has 2 aromatic heterocycles. The molecule has 0 saturated carbocycles. The van der Waals surface area contributed by atoms with Gasteiger partial charge in [0.05, 0.1) is 42.0 Å². The second-order valence-corrected chi connectivity index (χ2v) is 9.76. The SMILES string of the molecule is CC[C@@]1(OC(=O)CCC(F)(F)CN)C(=O)OCc2c1cc1n(c2=O)Cc2cc3c(Br)cccc3nc2-1.Cl.Cl. The number of carbonyl (C=O) groups excluding carboxylic acids is 2. The Labute approximate surface area is 236 Å². The van der Waals surface area contributed by atoms with E-state index in [0.717, 1.165) is 20.9 Å². The third kappa shape index (κ3) is 4.81. The molecule has 13 heteroatoms. The lowest BCUT2D eigenvalue weighted by molar-refractivity contribution is -0.190. The number of carbonyl (C=O) groups is 2. The maximum Gasteiger partial charge on any atom is 0.355 e. The lowest BCUT2D eigenvalue weighted by Crippen LogP contribution is -2.47. The minimum Gasteiger partial charge on any atom is -0.457 e. The third-order valence-electron chi connectivity index (χ3n) is 6.75. The predicted octanol–water partition coefficient (Wildman–Crippen LogP) is 4.61. The van der Waals surface area contributed by atoms with Gasteiger partial charge in [0.2, 0.25) is 5.60 Å². The van der Waals surface area contributed by atoms with Gasteiger partial charge in [-0.1, -0.05) is 28.9 Å². The highest BCUT2D eigenvalue weighted by atomic mass is 79.9. The third-order valence-corrected chi connectivity index (χ3v) is 7.44. The molecule has 0 fully saturated rings. The molecular formula is C25H24BrCl2F2N3O5. The number of cyclic esters (lactones) is 1. The number of nitrogens with zero attached hydrogens (tertiary/aromatic N) is 2. The van der Waals surface area contributed by atoms with Crippen molar-refractivity contribution in [3.63, 3.8) is 0 Å². The van der Waals surface area contributed by atoms with Crippen LogP contribution in [0.4, 0.5) is 8.78 Å². The molecule has 5 rings (SSSR count). The molecule has 0 unspecified atom stereocenters. The van der Waals surface area contributed by atoms with Crippen LogP contribution in [0.3, 0.4) is 0 Å². The number of esters is 2. The largest absolute Gasteiger partial charge is 0.457 e. The van der Waals surface area contributed by atoms with E-state index in [1.54, 1.807) is 17.6 Å². The number of ether oxygens (including phenoxy) is 2. The fraction of sp³-hybridized carbons (Fsp3) is 0.360. The maximum atomic E-state index is 13.6. The quantitative estimate of drug-likeness (QED) is 0.308. The Bertz CT molecular complexity index is 1500. The van der Waals surface area contributed by atoms with Crippen molar-refractivity contribution in [3.05, 3.63) is 61.8 Å². The summed E-state index contributed by atoms with van der Waals surface area (Å²) in [5, 5.41) is 0.895. The molecule has 8 nitrogen and oxygen atoms in total. The second-order valence-electron chi connectivity index (χ2n) is 8.91. The Balaban J connectivity index is 0.00000200. The predicted molar refractivity (Wildman–Crippen MR) is 144 cm³/mol. The molecule has 0 aliphatic carbocycles. The van der Waals surface area contributed by atoms with Gasteiger partial charge in [-0.15, -0.1) is 24.8 Å². The van der Waals surface area contributed by atoms with Gasteiger partial charge in [0.1, 0.15) is 6.61 Å². The van der Waals surface area contributed by atoms with Crippen molar-refractivity contribution in [2.24, 2.45) is 5.73 Å². The number of alkyl halides is 2. The molecule has 38 heavy (non-hydrogen) atoms. The van der Waals surface area contributed by atoms with E-state index in [1.807, 2.05) is 24.3 Å². The number of hydrogen-bond acceptors (Lipinski definition) is 7. The molecule has 1 atom stereocenters. The zero-order chi connectivity index (χ0) is 25.8. The smallest absolute Gasteiger partial charge is 0.355 e. The average Bonchev–Trinajstić information content (AvgIpc) is 3.22. The van der Waals surface area contributed by atoms with Crippen molar-refractivity contribution in [2.75, 3.05) is 6.54 Å². The van der Waals surface area contributed by atoms with Gasteiger partial charge in [-0.2, -0.15) is 0 Å². The average molecular weight is 635 g/mol. The van der Waals surface area contributed by atoms with Crippen molar-refractivity contribution in [1.29, 1.82) is 0 Å². The number of rotatable bonds is 6. The molecule has 0 bridgehead atoms. The number of nitrogens with two attached hydrogens (primary N) is 1. The Morgan fingerprint density at radius 3 is 2.71 bits per heavy atom. The van der Waals surface area contributed by atoms with E-state index in [9.17, 15) is 23.2 Å². The lowest BCUT2D eigenvalue weighted by atomic mass is 9.85. The zero-order valence-electron chi connectivity index (χ0n) is 20.1. The van der Waals surface area contributed by atoms with Gasteiger partial charge in [0.25, 0.3) is 11.5 Å². The van der Waals surface area contributed by atoms with E-state index in [-0.39, 0.29) is 61.1 Å². The van der Waals surface area contributed by atoms with Gasteiger partial charge in [-0.3, -0.25) is 9.59 Å². The van der Waals surface area contributed by atoms with Crippen LogP contribution in [-0.2, 0) is 37.8 Å². The fourth-order valence-corrected chi connectivity index (χ4v) is 5.23. The Morgan fingerprint density at radius 1 is 1.29 bits per heavy atom. The number of hydrogen-bond donors (Lipinski definition) is 1. The van der Waals surface area contributed by atoms with Crippen LogP contribution < -0.4 is 11.3 Å². The second kappa shape index (κ2) is 10.9. The Kier molecular flexibility index (Phi) is 8.57. The van der Waals surface area contributed by atoms with Crippen LogP contribution in [0.15, 0.2) is 39.6 Å². The molecule has 204 valence electrons. The van der Waals surface area contributed by atoms with E-state index in [2.05, 4.69) is 15.9 Å². The summed E-state index contributed by atoms with van der Waals surface area (Å²) in [6.45, 7) is 0.683. The number of benzene rings is 1. The summed E-state index contributed by atoms with van der Waals surface area (Å²) < 4.78 is 40.4. The normalized spacial score (nSPS) is 17.4. The Morgan fingerprint density at radius 2 is 2.03 bits per heavy atom. The summed E-state index contributed by atoms with van der Waals surface area (Å²) >= 11 is 3.53. The first-order valence-corrected chi connectivity index (χ1v) is 12.2. The molecular weight excluding hydrogens is 611 g/mol. The number of fused-ring (bicyclic) bond motifs is 5. The molecule has 0 amide bonds. The highest BCUT2D eigenvalue weighted by molar-refractivity contribution is 9.10. The summed E-state index contributed by atoms with van der Waals surface area (Å²) in [7, 11) is 0. The van der Waals surface area contributed by atoms with E-state index >= 15 is 0 Å². The van der Waals surface area contributed by atoms with Gasteiger partial charge >= 0.3 is 11.9 Å². The molecule has 3 aromatic rings. The topological polar surface area (TPSA) is 114 Å². The lowest BCUT2D eigenvalue weighted by Gasteiger charge is -2.35. The van der Waals surface area contributed by atoms with Crippen molar-refractivity contribution in [2.45, 2.75) is 50.9 Å². The van der Waals surface area contributed by atoms with E-state index in [1.165, 1.54) is 0 Å². The minimum absolute atomic E-state index is 0. The summed E-state index contributed by atoms with van der Waals surface area (Å²) in [6, 6.07) is 9.20. The van der Waals surface area contributed by atoms with Gasteiger partial charge in [-0.05, 0) is 30.7 Å². The first kappa shape index (κ1) is 29.9. The van der Waals surface area contributed by atoms with Crippen LogP contribution in [0.5, 0.6) is 0 Å². The monoisotopic (exact) mass is 633 g/mol. The summed E-state index contributed by atoms with van der Waals surface area (Å²) in [4.78, 5) is 43.8. The number of aromatic nitrogens is 2. The van der Waals surface area contributed by atoms with Crippen LogP contribution in [0.25, 0.3) is 22.3 Å². The molecule has 0 spiro atoms. The Hall–Kier alpha value is -2.60. The van der Waals surface area contributed by atoms with Gasteiger partial charge in [-0.25, -0.2) is 18.6 Å². The van der Waals surface area contributed by atoms with Crippen molar-refractivity contribution < 1.29 is 27.8 Å². The molecule has 2 N–H and O–H groups in total. The molecule has 0 radical (unpaired) electrons. The molecule has 0 saturated heterocycles. The summed E-state index contributed by atoms with van der Waals surface area (Å²) in [5.74, 6) is -5.10. The zero-order valence-corrected chi connectivity index (χ0v) is 23.3. The highest BCUT2D eigenvalue weighted by Gasteiger charge is 2.50. The van der Waals surface area contributed by atoms with Crippen molar-refractivity contribution in [1.82, 2.24) is 9.55 Å². The van der Waals surface area contributed by atoms with E-state index in [4.69, 9.17) is 20.2 Å². The van der Waals surface area contributed by atoms with Gasteiger partial charge in [0.15, 0.2) is 0 Å². The molecule has 2 aliphatic heterocycles. The fourth-order valence-electron chi connectivity index (χ4n) is 4.76. The van der Waals surface area contributed by atoms with Crippen LogP contribution in [0.2, 0.25) is 0 Å². The van der Waals surface area contributed by atoms with Crippen LogP contribution in [0, 0.1) is 0 Å². The van der Waals surface area contributed by atoms with Gasteiger partial charge < -0.3 is 19.8 Å². The number of pyridine rings is 2. The summed E-state index contributed by atoms with van der Waals surface area (Å²) in [6.07, 6.45) is -1.52. The minimum atomic E-state index is -3.24. The highest BCUT2D eigenvalue weighted by Crippen LogP contribution is 2.41. The maximum absolute atomic E-state index is 13.6. The molecule has 1 aromatic carbocycles. The molecule has 4 heterocycles. The van der Waals surface area contributed by atoms with Crippen molar-refractivity contribution in [3.8, 4) is 11.4 Å². The van der Waals surface area contributed by atoms with E-state index < -0.39 is 42.8 Å². The van der Waals surface area contributed by atoms with Crippen LogP contribution >= 0.6 is 40.7 Å². The summed E-state index contributed by atoms with van der Waals surface area (Å²) in [5.41, 5.74) is 5.70. The van der Waals surface area contributed by atoms with E-state index in [0.29, 0.717) is 11.4 Å². The van der Waals surface area contributed by atoms with Gasteiger partial charge in [0, 0.05) is 27.4 Å². The standard InChI is InChI=1S/C25H22BrF2N3O5.2ClH/c1-2-25(36-20(32)6-7-24(27,28)12-29)16-9-19-21-13(8-14-17(26)4-3-5-18(14)30-21)10-31(19)22(33)15(16)11-35-23(25)34;;/h3-5,8-9H,2,6-7,10-12,29H2,1H3;2*1H/t25-;;/m0../s1. The van der Waals surface area contributed by atoms with Crippen LogP contribution in [0.1, 0.15) is 42.9 Å². The first-order valence-electron chi connectivity index (χ1n) is 11.4. The van der Waals surface area contributed by atoms with Crippen molar-refractivity contribution >= 4 is 63.6 Å².